The zero-order valence-corrected chi connectivity index (χ0v) is 17.3. The fraction of sp³-hybridized carbons (Fsp3) is 0.438. The van der Waals surface area contributed by atoms with Gasteiger partial charge in [0.15, 0.2) is 17.5 Å². The van der Waals surface area contributed by atoms with Crippen LogP contribution in [0.25, 0.3) is 0 Å². The topological polar surface area (TPSA) is 85.6 Å². The Hall–Kier alpha value is -2.04. The van der Waals surface area contributed by atoms with Crippen LogP contribution in [0.3, 0.4) is 0 Å². The summed E-state index contributed by atoms with van der Waals surface area (Å²) in [6.07, 6.45) is 1.53. The van der Waals surface area contributed by atoms with Gasteiger partial charge in [0.25, 0.3) is 0 Å². The molecule has 1 aromatic carbocycles. The molecule has 2 N–H and O–H groups in total. The molecule has 8 nitrogen and oxygen atoms in total. The molecule has 25 heavy (non-hydrogen) atoms. The lowest BCUT2D eigenvalue weighted by Crippen LogP contribution is -2.36. The molecular weight excluding hydrogens is 435 g/mol. The molecule has 0 saturated heterocycles. The minimum absolute atomic E-state index is 0. The van der Waals surface area contributed by atoms with Crippen LogP contribution >= 0.6 is 24.0 Å². The number of benzene rings is 1. The van der Waals surface area contributed by atoms with E-state index in [2.05, 4.69) is 25.7 Å². The standard InChI is InChI=1S/C16H24N6O2.HI/c1-5-24-14-8-12(6-7-13(14)23-4)9-18-16(17-2)19-10-15-20-11-21-22(15)3;/h6-8,11H,5,9-10H2,1-4H3,(H2,17,18,19);1H. The highest BCUT2D eigenvalue weighted by Crippen LogP contribution is 2.27. The largest absolute Gasteiger partial charge is 0.493 e. The van der Waals surface area contributed by atoms with E-state index in [0.29, 0.717) is 25.7 Å². The van der Waals surface area contributed by atoms with Gasteiger partial charge in [-0.25, -0.2) is 4.98 Å². The lowest BCUT2D eigenvalue weighted by atomic mass is 10.2. The van der Waals surface area contributed by atoms with Crippen molar-refractivity contribution < 1.29 is 9.47 Å². The number of guanidine groups is 1. The molecule has 0 atom stereocenters. The van der Waals surface area contributed by atoms with Crippen molar-refractivity contribution in [1.29, 1.82) is 0 Å². The van der Waals surface area contributed by atoms with Gasteiger partial charge in [-0.15, -0.1) is 24.0 Å². The van der Waals surface area contributed by atoms with Crippen LogP contribution in [0.15, 0.2) is 29.5 Å². The summed E-state index contributed by atoms with van der Waals surface area (Å²) in [7, 11) is 5.21. The first-order valence-electron chi connectivity index (χ1n) is 7.75. The Morgan fingerprint density at radius 2 is 2.00 bits per heavy atom. The number of ether oxygens (including phenoxy) is 2. The Balaban J connectivity index is 0.00000312. The van der Waals surface area contributed by atoms with Crippen molar-refractivity contribution in [3.8, 4) is 11.5 Å². The summed E-state index contributed by atoms with van der Waals surface area (Å²) in [5, 5.41) is 10.5. The molecular formula is C16H25IN6O2. The average Bonchev–Trinajstić information content (AvgIpc) is 3.00. The van der Waals surface area contributed by atoms with Crippen LogP contribution in [0.4, 0.5) is 0 Å². The summed E-state index contributed by atoms with van der Waals surface area (Å²) >= 11 is 0. The van der Waals surface area contributed by atoms with Gasteiger partial charge in [-0.2, -0.15) is 5.10 Å². The van der Waals surface area contributed by atoms with Crippen molar-refractivity contribution in [3.63, 3.8) is 0 Å². The summed E-state index contributed by atoms with van der Waals surface area (Å²) in [6.45, 7) is 3.70. The first-order valence-corrected chi connectivity index (χ1v) is 7.75. The Morgan fingerprint density at radius 1 is 1.24 bits per heavy atom. The van der Waals surface area contributed by atoms with Crippen molar-refractivity contribution in [2.24, 2.45) is 12.0 Å². The Bertz CT molecular complexity index is 689. The van der Waals surface area contributed by atoms with Crippen LogP contribution in [0, 0.1) is 0 Å². The molecule has 0 spiro atoms. The number of hydrogen-bond acceptors (Lipinski definition) is 5. The maximum atomic E-state index is 5.59. The minimum Gasteiger partial charge on any atom is -0.493 e. The molecule has 0 aliphatic rings. The van der Waals surface area contributed by atoms with Gasteiger partial charge in [0.1, 0.15) is 12.2 Å². The fourth-order valence-electron chi connectivity index (χ4n) is 2.15. The fourth-order valence-corrected chi connectivity index (χ4v) is 2.15. The second-order valence-electron chi connectivity index (χ2n) is 5.00. The molecule has 0 aliphatic heterocycles. The van der Waals surface area contributed by atoms with Gasteiger partial charge >= 0.3 is 0 Å². The van der Waals surface area contributed by atoms with Crippen molar-refractivity contribution in [2.75, 3.05) is 20.8 Å². The molecule has 0 bridgehead atoms. The average molecular weight is 460 g/mol. The third-order valence-electron chi connectivity index (χ3n) is 3.43. The normalized spacial score (nSPS) is 10.8. The first kappa shape index (κ1) is 21.0. The number of halogens is 1. The predicted octanol–water partition coefficient (Wildman–Crippen LogP) is 1.71. The number of aryl methyl sites for hydroxylation is 1. The molecule has 2 rings (SSSR count). The summed E-state index contributed by atoms with van der Waals surface area (Å²) in [5.74, 6) is 2.99. The van der Waals surface area contributed by atoms with Crippen LogP contribution in [0.2, 0.25) is 0 Å². The van der Waals surface area contributed by atoms with Crippen molar-refractivity contribution in [2.45, 2.75) is 20.0 Å². The number of hydrogen-bond donors (Lipinski definition) is 2. The monoisotopic (exact) mass is 460 g/mol. The second-order valence-corrected chi connectivity index (χ2v) is 5.00. The zero-order valence-electron chi connectivity index (χ0n) is 14.9. The van der Waals surface area contributed by atoms with E-state index in [1.165, 1.54) is 6.33 Å². The van der Waals surface area contributed by atoms with Crippen LogP contribution < -0.4 is 20.1 Å². The van der Waals surface area contributed by atoms with Crippen molar-refractivity contribution in [3.05, 3.63) is 35.9 Å². The lowest BCUT2D eigenvalue weighted by molar-refractivity contribution is 0.310. The van der Waals surface area contributed by atoms with Crippen LogP contribution in [0.5, 0.6) is 11.5 Å². The molecule has 1 aromatic heterocycles. The van der Waals surface area contributed by atoms with E-state index in [0.717, 1.165) is 22.9 Å². The molecule has 0 saturated carbocycles. The number of rotatable bonds is 7. The summed E-state index contributed by atoms with van der Waals surface area (Å²) in [6, 6.07) is 5.85. The van der Waals surface area contributed by atoms with Gasteiger partial charge in [0.2, 0.25) is 0 Å². The highest BCUT2D eigenvalue weighted by molar-refractivity contribution is 14.0. The number of aliphatic imine (C=N–C) groups is 1. The molecule has 0 aliphatic carbocycles. The van der Waals surface area contributed by atoms with E-state index in [4.69, 9.17) is 9.47 Å². The van der Waals surface area contributed by atoms with E-state index in [-0.39, 0.29) is 24.0 Å². The van der Waals surface area contributed by atoms with Crippen molar-refractivity contribution >= 4 is 29.9 Å². The van der Waals surface area contributed by atoms with E-state index in [1.807, 2.05) is 32.2 Å². The summed E-state index contributed by atoms with van der Waals surface area (Å²) in [4.78, 5) is 8.37. The predicted molar refractivity (Wildman–Crippen MR) is 108 cm³/mol. The Morgan fingerprint density at radius 3 is 2.60 bits per heavy atom. The first-order chi connectivity index (χ1) is 11.7. The molecule has 138 valence electrons. The second kappa shape index (κ2) is 10.7. The van der Waals surface area contributed by atoms with Gasteiger partial charge in [-0.3, -0.25) is 9.67 Å². The molecule has 9 heteroatoms. The third-order valence-corrected chi connectivity index (χ3v) is 3.43. The summed E-state index contributed by atoms with van der Waals surface area (Å²) < 4.78 is 12.6. The maximum absolute atomic E-state index is 5.59. The number of aromatic nitrogens is 3. The quantitative estimate of drug-likeness (QED) is 0.372. The number of nitrogens with one attached hydrogen (secondary N) is 2. The van der Waals surface area contributed by atoms with Crippen LogP contribution in [0.1, 0.15) is 18.3 Å². The molecule has 1 heterocycles. The summed E-state index contributed by atoms with van der Waals surface area (Å²) in [5.41, 5.74) is 1.07. The molecule has 0 amide bonds. The van der Waals surface area contributed by atoms with E-state index >= 15 is 0 Å². The van der Waals surface area contributed by atoms with Crippen molar-refractivity contribution in [1.82, 2.24) is 25.4 Å². The van der Waals surface area contributed by atoms with E-state index in [1.54, 1.807) is 18.8 Å². The maximum Gasteiger partial charge on any atom is 0.191 e. The SMILES string of the molecule is CCOc1cc(CNC(=NC)NCc2ncnn2C)ccc1OC.I. The third kappa shape index (κ3) is 6.07. The highest BCUT2D eigenvalue weighted by Gasteiger charge is 2.07. The van der Waals surface area contributed by atoms with Crippen LogP contribution in [-0.4, -0.2) is 41.5 Å². The van der Waals surface area contributed by atoms with Crippen LogP contribution in [-0.2, 0) is 20.1 Å². The van der Waals surface area contributed by atoms with Gasteiger partial charge in [0.05, 0.1) is 20.3 Å². The molecule has 0 unspecified atom stereocenters. The Kier molecular flexibility index (Phi) is 9.03. The zero-order chi connectivity index (χ0) is 17.4. The molecule has 0 radical (unpaired) electrons. The van der Waals surface area contributed by atoms with E-state index in [9.17, 15) is 0 Å². The van der Waals surface area contributed by atoms with E-state index < -0.39 is 0 Å². The highest BCUT2D eigenvalue weighted by atomic mass is 127. The van der Waals surface area contributed by atoms with Gasteiger partial charge in [0, 0.05) is 20.6 Å². The van der Waals surface area contributed by atoms with Gasteiger partial charge in [-0.05, 0) is 24.6 Å². The minimum atomic E-state index is 0. The molecule has 0 fully saturated rings. The number of methoxy groups -OCH3 is 1. The van der Waals surface area contributed by atoms with Gasteiger partial charge < -0.3 is 20.1 Å². The number of nitrogens with zero attached hydrogens (tertiary/aromatic N) is 4. The molecule has 2 aromatic rings. The smallest absolute Gasteiger partial charge is 0.191 e. The lowest BCUT2D eigenvalue weighted by Gasteiger charge is -2.14. The Labute approximate surface area is 165 Å². The van der Waals surface area contributed by atoms with Gasteiger partial charge in [-0.1, -0.05) is 6.07 Å².